The zero-order valence-corrected chi connectivity index (χ0v) is 16.6. The van der Waals surface area contributed by atoms with Gasteiger partial charge in [0.05, 0.1) is 0 Å². The first kappa shape index (κ1) is 17.6. The van der Waals surface area contributed by atoms with Crippen molar-refractivity contribution in [2.75, 3.05) is 13.1 Å². The Hall–Kier alpha value is -2.53. The molecule has 0 saturated carbocycles. The maximum atomic E-state index is 13.0. The maximum absolute atomic E-state index is 13.0. The molecule has 2 aromatic heterocycles. The Balaban J connectivity index is 1.55. The number of H-pyrrole nitrogens is 1. The van der Waals surface area contributed by atoms with Crippen LogP contribution < -0.4 is 4.74 Å². The number of benzene rings is 1. The fourth-order valence-electron chi connectivity index (χ4n) is 4.42. The molecule has 1 amide bonds. The molecule has 1 atom stereocenters. The average Bonchev–Trinajstić information content (AvgIpc) is 3.31. The van der Waals surface area contributed by atoms with E-state index < -0.39 is 6.10 Å². The molecule has 2 aliphatic rings. The zero-order chi connectivity index (χ0) is 19.3. The second kappa shape index (κ2) is 6.82. The summed E-state index contributed by atoms with van der Waals surface area (Å²) in [6, 6.07) is 5.83. The minimum Gasteiger partial charge on any atom is -0.479 e. The van der Waals surface area contributed by atoms with Crippen LogP contribution in [0.5, 0.6) is 5.75 Å². The van der Waals surface area contributed by atoms with Gasteiger partial charge in [0.15, 0.2) is 6.10 Å². The van der Waals surface area contributed by atoms with Gasteiger partial charge in [-0.2, -0.15) is 0 Å². The Kier molecular flexibility index (Phi) is 4.27. The van der Waals surface area contributed by atoms with E-state index in [1.54, 1.807) is 6.20 Å². The summed E-state index contributed by atoms with van der Waals surface area (Å²) in [4.78, 5) is 22.5. The minimum atomic E-state index is -0.463. The van der Waals surface area contributed by atoms with E-state index in [-0.39, 0.29) is 5.91 Å². The highest BCUT2D eigenvalue weighted by Gasteiger charge is 2.35. The average molecular weight is 396 g/mol. The first-order chi connectivity index (χ1) is 13.6. The molecule has 2 aliphatic heterocycles. The fourth-order valence-corrected chi connectivity index (χ4v) is 4.66. The van der Waals surface area contributed by atoms with Crippen LogP contribution in [0.1, 0.15) is 30.4 Å². The number of carbonyl (C=O) groups excluding carboxylic acids is 1. The molecular formula is C22H22ClN3O2. The van der Waals surface area contributed by atoms with Crippen LogP contribution in [0.2, 0.25) is 5.02 Å². The highest BCUT2D eigenvalue weighted by molar-refractivity contribution is 6.31. The molecule has 1 N–H and O–H groups in total. The number of hydrogen-bond donors (Lipinski definition) is 1. The molecule has 0 bridgehead atoms. The summed E-state index contributed by atoms with van der Waals surface area (Å²) in [5.41, 5.74) is 4.89. The van der Waals surface area contributed by atoms with Crippen molar-refractivity contribution in [3.63, 3.8) is 0 Å². The molecule has 5 nitrogen and oxygen atoms in total. The molecule has 0 radical (unpaired) electrons. The predicted molar refractivity (Wildman–Crippen MR) is 110 cm³/mol. The summed E-state index contributed by atoms with van der Waals surface area (Å²) < 4.78 is 6.25. The Morgan fingerprint density at radius 2 is 2.07 bits per heavy atom. The van der Waals surface area contributed by atoms with Crippen molar-refractivity contribution in [3.8, 4) is 16.9 Å². The van der Waals surface area contributed by atoms with E-state index in [0.29, 0.717) is 11.4 Å². The molecule has 4 heterocycles. The van der Waals surface area contributed by atoms with Crippen molar-refractivity contribution in [2.45, 2.75) is 38.7 Å². The lowest BCUT2D eigenvalue weighted by molar-refractivity contribution is -0.138. The molecule has 28 heavy (non-hydrogen) atoms. The lowest BCUT2D eigenvalue weighted by Gasteiger charge is -2.28. The smallest absolute Gasteiger partial charge is 0.263 e. The Labute approximate surface area is 168 Å². The number of aryl methyl sites for hydroxylation is 1. The highest BCUT2D eigenvalue weighted by atomic mass is 35.5. The summed E-state index contributed by atoms with van der Waals surface area (Å²) >= 11 is 6.44. The van der Waals surface area contributed by atoms with E-state index in [2.05, 4.69) is 16.9 Å². The molecule has 1 unspecified atom stereocenters. The van der Waals surface area contributed by atoms with Gasteiger partial charge in [0.1, 0.15) is 11.4 Å². The van der Waals surface area contributed by atoms with Gasteiger partial charge >= 0.3 is 0 Å². The standard InChI is InChI=1S/C22H22ClN3O2/c1-13-12-25-21-19(13)16(5-6-24-21)17-11-15(23)9-14-10-18(28-20(14)17)22(27)26-7-3-2-4-8-26/h5-6,9,11-12,18H,2-4,7-8,10H2,1H3,(H,24,25). The fraction of sp³-hybridized carbons (Fsp3) is 0.364. The van der Waals surface area contributed by atoms with E-state index in [9.17, 15) is 4.79 Å². The van der Waals surface area contributed by atoms with E-state index >= 15 is 0 Å². The number of halogens is 1. The van der Waals surface area contributed by atoms with Crippen molar-refractivity contribution in [1.29, 1.82) is 0 Å². The number of aromatic amines is 1. The van der Waals surface area contributed by atoms with Gasteiger partial charge in [-0.15, -0.1) is 0 Å². The summed E-state index contributed by atoms with van der Waals surface area (Å²) in [6.45, 7) is 3.71. The second-order valence-corrected chi connectivity index (χ2v) is 8.13. The minimum absolute atomic E-state index is 0.0932. The number of piperidine rings is 1. The van der Waals surface area contributed by atoms with Crippen LogP contribution in [-0.2, 0) is 11.2 Å². The molecule has 1 fully saturated rings. The maximum Gasteiger partial charge on any atom is 0.263 e. The van der Waals surface area contributed by atoms with Crippen molar-refractivity contribution in [3.05, 3.63) is 46.7 Å². The lowest BCUT2D eigenvalue weighted by atomic mass is 9.98. The molecule has 1 saturated heterocycles. The van der Waals surface area contributed by atoms with Crippen LogP contribution in [-0.4, -0.2) is 40.0 Å². The number of aromatic nitrogens is 2. The highest BCUT2D eigenvalue weighted by Crippen LogP contribution is 2.43. The summed E-state index contributed by atoms with van der Waals surface area (Å²) in [5, 5.41) is 1.71. The van der Waals surface area contributed by atoms with Crippen LogP contribution in [0.3, 0.4) is 0 Å². The van der Waals surface area contributed by atoms with Gasteiger partial charge in [0.25, 0.3) is 5.91 Å². The molecular weight excluding hydrogens is 374 g/mol. The number of amides is 1. The Bertz CT molecular complexity index is 1070. The topological polar surface area (TPSA) is 58.2 Å². The lowest BCUT2D eigenvalue weighted by Crippen LogP contribution is -2.43. The molecule has 144 valence electrons. The van der Waals surface area contributed by atoms with Gasteiger partial charge in [0.2, 0.25) is 0 Å². The van der Waals surface area contributed by atoms with E-state index in [4.69, 9.17) is 16.3 Å². The van der Waals surface area contributed by atoms with Gasteiger partial charge in [-0.3, -0.25) is 4.79 Å². The van der Waals surface area contributed by atoms with Crippen molar-refractivity contribution < 1.29 is 9.53 Å². The van der Waals surface area contributed by atoms with Crippen LogP contribution in [0.25, 0.3) is 22.2 Å². The zero-order valence-electron chi connectivity index (χ0n) is 15.8. The predicted octanol–water partition coefficient (Wildman–Crippen LogP) is 4.51. The third-order valence-corrected chi connectivity index (χ3v) is 6.02. The number of nitrogens with zero attached hydrogens (tertiary/aromatic N) is 2. The van der Waals surface area contributed by atoms with E-state index in [1.807, 2.05) is 29.3 Å². The number of ether oxygens (including phenoxy) is 1. The van der Waals surface area contributed by atoms with Gasteiger partial charge < -0.3 is 14.6 Å². The normalized spacial score (nSPS) is 18.9. The number of nitrogens with one attached hydrogen (secondary N) is 1. The van der Waals surface area contributed by atoms with Crippen LogP contribution in [0.15, 0.2) is 30.6 Å². The van der Waals surface area contributed by atoms with Gasteiger partial charge in [-0.25, -0.2) is 4.98 Å². The number of carbonyl (C=O) groups is 1. The molecule has 1 aromatic carbocycles. The summed E-state index contributed by atoms with van der Waals surface area (Å²) in [7, 11) is 0. The number of fused-ring (bicyclic) bond motifs is 2. The van der Waals surface area contributed by atoms with Crippen molar-refractivity contribution in [2.24, 2.45) is 0 Å². The van der Waals surface area contributed by atoms with Gasteiger partial charge in [-0.05, 0) is 55.5 Å². The summed E-state index contributed by atoms with van der Waals surface area (Å²) in [5.74, 6) is 0.864. The second-order valence-electron chi connectivity index (χ2n) is 7.69. The number of likely N-dealkylation sites (tertiary alicyclic amines) is 1. The van der Waals surface area contributed by atoms with Gasteiger partial charge in [-0.1, -0.05) is 11.6 Å². The van der Waals surface area contributed by atoms with Crippen molar-refractivity contribution in [1.82, 2.24) is 14.9 Å². The number of hydrogen-bond acceptors (Lipinski definition) is 3. The third-order valence-electron chi connectivity index (χ3n) is 5.80. The van der Waals surface area contributed by atoms with Crippen LogP contribution in [0, 0.1) is 6.92 Å². The number of pyridine rings is 1. The van der Waals surface area contributed by atoms with Crippen LogP contribution in [0.4, 0.5) is 0 Å². The monoisotopic (exact) mass is 395 g/mol. The first-order valence-corrected chi connectivity index (χ1v) is 10.2. The van der Waals surface area contributed by atoms with Crippen molar-refractivity contribution >= 4 is 28.5 Å². The Morgan fingerprint density at radius 1 is 1.25 bits per heavy atom. The third kappa shape index (κ3) is 2.85. The molecule has 0 aliphatic carbocycles. The van der Waals surface area contributed by atoms with Gasteiger partial charge in [0, 0.05) is 53.4 Å². The number of rotatable bonds is 2. The SMILES string of the molecule is Cc1c[nH]c2nccc(-c3cc(Cl)cc4c3OC(C(=O)N3CCCCC3)C4)c12. The quantitative estimate of drug-likeness (QED) is 0.694. The molecule has 0 spiro atoms. The molecule has 3 aromatic rings. The largest absolute Gasteiger partial charge is 0.479 e. The van der Waals surface area contributed by atoms with E-state index in [1.165, 1.54) is 6.42 Å². The Morgan fingerprint density at radius 3 is 2.89 bits per heavy atom. The summed E-state index contributed by atoms with van der Waals surface area (Å²) in [6.07, 6.45) is 7.19. The first-order valence-electron chi connectivity index (χ1n) is 9.83. The molecule has 5 rings (SSSR count). The van der Waals surface area contributed by atoms with E-state index in [0.717, 1.165) is 65.0 Å². The molecule has 6 heteroatoms. The van der Waals surface area contributed by atoms with Crippen LogP contribution >= 0.6 is 11.6 Å².